The first-order valence-electron chi connectivity index (χ1n) is 6.52. The van der Waals surface area contributed by atoms with Gasteiger partial charge in [0.2, 0.25) is 0 Å². The Balaban J connectivity index is 2.35. The van der Waals surface area contributed by atoms with Crippen molar-refractivity contribution in [2.75, 3.05) is 0 Å². The van der Waals surface area contributed by atoms with Crippen LogP contribution in [0.4, 0.5) is 0 Å². The van der Waals surface area contributed by atoms with Gasteiger partial charge in [0.1, 0.15) is 0 Å². The van der Waals surface area contributed by atoms with Crippen LogP contribution in [-0.2, 0) is 6.42 Å². The molecule has 90 valence electrons. The van der Waals surface area contributed by atoms with E-state index >= 15 is 0 Å². The van der Waals surface area contributed by atoms with E-state index in [0.717, 1.165) is 25.7 Å². The highest BCUT2D eigenvalue weighted by atomic mass is 16.3. The molecule has 0 amide bonds. The van der Waals surface area contributed by atoms with Crippen LogP contribution in [0, 0.1) is 5.92 Å². The molecule has 0 bridgehead atoms. The van der Waals surface area contributed by atoms with Crippen molar-refractivity contribution in [3.05, 3.63) is 23.5 Å². The van der Waals surface area contributed by atoms with Crippen LogP contribution in [0.2, 0.25) is 0 Å². The molecule has 2 heteroatoms. The molecule has 0 saturated heterocycles. The molecule has 0 aromatic carbocycles. The molecule has 2 unspecified atom stereocenters. The molecule has 2 nitrogen and oxygen atoms in total. The highest BCUT2D eigenvalue weighted by Crippen LogP contribution is 2.34. The largest absolute Gasteiger partial charge is 0.388 e. The van der Waals surface area contributed by atoms with Crippen molar-refractivity contribution in [2.24, 2.45) is 5.92 Å². The highest BCUT2D eigenvalue weighted by molar-refractivity contribution is 5.28. The average molecular weight is 221 g/mol. The predicted molar refractivity (Wildman–Crippen MR) is 66.5 cm³/mol. The third-order valence-corrected chi connectivity index (χ3v) is 3.85. The molecule has 1 aromatic rings. The van der Waals surface area contributed by atoms with Gasteiger partial charge in [0.25, 0.3) is 0 Å². The van der Waals surface area contributed by atoms with Gasteiger partial charge in [0.15, 0.2) is 0 Å². The lowest BCUT2D eigenvalue weighted by atomic mass is 9.94. The van der Waals surface area contributed by atoms with Gasteiger partial charge in [-0.3, -0.25) is 0 Å². The first kappa shape index (κ1) is 11.7. The summed E-state index contributed by atoms with van der Waals surface area (Å²) in [6.45, 7) is 6.80. The molecule has 1 aliphatic rings. The fraction of sp³-hybridized carbons (Fsp3) is 0.714. The minimum absolute atomic E-state index is 0.227. The van der Waals surface area contributed by atoms with E-state index in [2.05, 4.69) is 37.6 Å². The molecular formula is C14H23NO. The highest BCUT2D eigenvalue weighted by Gasteiger charge is 2.24. The third-order valence-electron chi connectivity index (χ3n) is 3.85. The predicted octanol–water partition coefficient (Wildman–Crippen LogP) is 3.46. The van der Waals surface area contributed by atoms with Gasteiger partial charge in [-0.1, -0.05) is 20.8 Å². The van der Waals surface area contributed by atoms with Gasteiger partial charge >= 0.3 is 0 Å². The summed E-state index contributed by atoms with van der Waals surface area (Å²) in [6, 6.07) is 2.69. The minimum atomic E-state index is -0.227. The van der Waals surface area contributed by atoms with E-state index in [1.165, 1.54) is 11.3 Å². The lowest BCUT2D eigenvalue weighted by molar-refractivity contribution is 0.154. The summed E-state index contributed by atoms with van der Waals surface area (Å²) >= 11 is 0. The SMILES string of the molecule is CCC(C(C)C)n1ccc2c1CCCC2O. The molecule has 0 fully saturated rings. The van der Waals surface area contributed by atoms with Gasteiger partial charge in [-0.05, 0) is 37.7 Å². The van der Waals surface area contributed by atoms with Gasteiger partial charge in [-0.15, -0.1) is 0 Å². The molecule has 0 saturated carbocycles. The smallest absolute Gasteiger partial charge is 0.0807 e. The van der Waals surface area contributed by atoms with E-state index in [-0.39, 0.29) is 6.10 Å². The van der Waals surface area contributed by atoms with Crippen LogP contribution in [0.5, 0.6) is 0 Å². The number of aliphatic hydroxyl groups excluding tert-OH is 1. The normalized spacial score (nSPS) is 22.2. The van der Waals surface area contributed by atoms with Crippen LogP contribution in [-0.4, -0.2) is 9.67 Å². The molecule has 1 aromatic heterocycles. The lowest BCUT2D eigenvalue weighted by Gasteiger charge is -2.27. The first-order valence-corrected chi connectivity index (χ1v) is 6.52. The summed E-state index contributed by atoms with van der Waals surface area (Å²) < 4.78 is 2.41. The zero-order chi connectivity index (χ0) is 11.7. The number of hydrogen-bond donors (Lipinski definition) is 1. The zero-order valence-corrected chi connectivity index (χ0v) is 10.6. The number of nitrogens with zero attached hydrogens (tertiary/aromatic N) is 1. The minimum Gasteiger partial charge on any atom is -0.388 e. The summed E-state index contributed by atoms with van der Waals surface area (Å²) in [6.07, 6.45) is 6.28. The quantitative estimate of drug-likeness (QED) is 0.830. The van der Waals surface area contributed by atoms with E-state index in [1.54, 1.807) is 0 Å². The summed E-state index contributed by atoms with van der Waals surface area (Å²) in [5.41, 5.74) is 2.55. The number of hydrogen-bond acceptors (Lipinski definition) is 1. The van der Waals surface area contributed by atoms with Crippen molar-refractivity contribution in [3.8, 4) is 0 Å². The standard InChI is InChI=1S/C14H23NO/c1-4-12(10(2)3)15-9-8-11-13(15)6-5-7-14(11)16/h8-10,12,14,16H,4-7H2,1-3H3. The van der Waals surface area contributed by atoms with Crippen molar-refractivity contribution >= 4 is 0 Å². The molecule has 2 atom stereocenters. The lowest BCUT2D eigenvalue weighted by Crippen LogP contribution is -2.19. The fourth-order valence-corrected chi connectivity index (χ4v) is 2.99. The molecule has 1 N–H and O–H groups in total. The summed E-state index contributed by atoms with van der Waals surface area (Å²) in [4.78, 5) is 0. The molecule has 2 rings (SSSR count). The van der Waals surface area contributed by atoms with E-state index < -0.39 is 0 Å². The van der Waals surface area contributed by atoms with Crippen LogP contribution in [0.3, 0.4) is 0 Å². The molecule has 1 aliphatic carbocycles. The Morgan fingerprint density at radius 2 is 2.25 bits per heavy atom. The van der Waals surface area contributed by atoms with E-state index in [1.807, 2.05) is 0 Å². The molecule has 0 aliphatic heterocycles. The molecule has 1 heterocycles. The third kappa shape index (κ3) is 1.91. The Hall–Kier alpha value is -0.760. The maximum Gasteiger partial charge on any atom is 0.0807 e. The van der Waals surface area contributed by atoms with Crippen LogP contribution >= 0.6 is 0 Å². The Bertz CT molecular complexity index is 354. The van der Waals surface area contributed by atoms with Crippen LogP contribution < -0.4 is 0 Å². The Kier molecular flexibility index (Phi) is 3.38. The van der Waals surface area contributed by atoms with Crippen molar-refractivity contribution in [3.63, 3.8) is 0 Å². The summed E-state index contributed by atoms with van der Waals surface area (Å²) in [7, 11) is 0. The topological polar surface area (TPSA) is 25.2 Å². The van der Waals surface area contributed by atoms with Crippen LogP contribution in [0.25, 0.3) is 0 Å². The Morgan fingerprint density at radius 3 is 2.88 bits per heavy atom. The average Bonchev–Trinajstić information content (AvgIpc) is 2.64. The number of rotatable bonds is 3. The summed E-state index contributed by atoms with van der Waals surface area (Å²) in [5, 5.41) is 9.95. The fourth-order valence-electron chi connectivity index (χ4n) is 2.99. The van der Waals surface area contributed by atoms with Gasteiger partial charge in [-0.25, -0.2) is 0 Å². The molecule has 0 spiro atoms. The van der Waals surface area contributed by atoms with Gasteiger partial charge < -0.3 is 9.67 Å². The Labute approximate surface area is 98.3 Å². The van der Waals surface area contributed by atoms with Crippen molar-refractivity contribution in [1.29, 1.82) is 0 Å². The Morgan fingerprint density at radius 1 is 1.50 bits per heavy atom. The number of aliphatic hydroxyl groups is 1. The zero-order valence-electron chi connectivity index (χ0n) is 10.6. The molecule has 0 radical (unpaired) electrons. The van der Waals surface area contributed by atoms with E-state index in [9.17, 15) is 5.11 Å². The van der Waals surface area contributed by atoms with Gasteiger partial charge in [0, 0.05) is 23.5 Å². The maximum absolute atomic E-state index is 9.95. The second-order valence-electron chi connectivity index (χ2n) is 5.25. The van der Waals surface area contributed by atoms with Gasteiger partial charge in [-0.2, -0.15) is 0 Å². The number of aromatic nitrogens is 1. The van der Waals surface area contributed by atoms with Crippen molar-refractivity contribution in [2.45, 2.75) is 58.6 Å². The second kappa shape index (κ2) is 4.62. The molecule has 16 heavy (non-hydrogen) atoms. The van der Waals surface area contributed by atoms with Crippen molar-refractivity contribution in [1.82, 2.24) is 4.57 Å². The van der Waals surface area contributed by atoms with Gasteiger partial charge in [0.05, 0.1) is 6.10 Å². The maximum atomic E-state index is 9.95. The van der Waals surface area contributed by atoms with Crippen molar-refractivity contribution < 1.29 is 5.11 Å². The second-order valence-corrected chi connectivity index (χ2v) is 5.25. The summed E-state index contributed by atoms with van der Waals surface area (Å²) in [5.74, 6) is 0.653. The monoisotopic (exact) mass is 221 g/mol. The van der Waals surface area contributed by atoms with Crippen LogP contribution in [0.1, 0.15) is 63.4 Å². The van der Waals surface area contributed by atoms with Crippen LogP contribution in [0.15, 0.2) is 12.3 Å². The molecular weight excluding hydrogens is 198 g/mol. The van der Waals surface area contributed by atoms with E-state index in [0.29, 0.717) is 12.0 Å². The first-order chi connectivity index (χ1) is 7.65. The van der Waals surface area contributed by atoms with E-state index in [4.69, 9.17) is 0 Å². The number of fused-ring (bicyclic) bond motifs is 1.